The van der Waals surface area contributed by atoms with Gasteiger partial charge in [0.1, 0.15) is 11.8 Å². The lowest BCUT2D eigenvalue weighted by Crippen LogP contribution is -2.50. The van der Waals surface area contributed by atoms with Crippen LogP contribution < -0.4 is 14.8 Å². The molecule has 182 valence electrons. The molecule has 1 aliphatic rings. The van der Waals surface area contributed by atoms with Crippen molar-refractivity contribution in [3.8, 4) is 11.5 Å². The van der Waals surface area contributed by atoms with E-state index in [0.717, 1.165) is 35.7 Å². The number of hydrogen-bond acceptors (Lipinski definition) is 6. The summed E-state index contributed by atoms with van der Waals surface area (Å²) < 4.78 is 11.5. The van der Waals surface area contributed by atoms with Gasteiger partial charge in [-0.2, -0.15) is 0 Å². The molecule has 2 amide bonds. The molecule has 0 aliphatic heterocycles. The van der Waals surface area contributed by atoms with Gasteiger partial charge in [0.15, 0.2) is 6.61 Å². The third-order valence-corrected chi connectivity index (χ3v) is 6.31. The van der Waals surface area contributed by atoms with E-state index in [4.69, 9.17) is 9.47 Å². The standard InChI is InChI=1S/C24H28BrN3O6/c1-16(24(30)26-19-8-3-4-9-19)27(14-17-6-5-7-18(25)12-17)23(29)15-34-20-10-11-21(28(31)32)22(13-20)33-2/h5-7,10-13,16,19H,3-4,8-9,14-15H2,1-2H3,(H,26,30)/t16-/m1/s1. The van der Waals surface area contributed by atoms with Crippen LogP contribution in [0, 0.1) is 10.1 Å². The Kier molecular flexibility index (Phi) is 8.86. The van der Waals surface area contributed by atoms with E-state index in [1.54, 1.807) is 6.92 Å². The normalized spacial score (nSPS) is 14.3. The van der Waals surface area contributed by atoms with Crippen LogP contribution in [0.25, 0.3) is 0 Å². The number of nitrogens with one attached hydrogen (secondary N) is 1. The molecule has 34 heavy (non-hydrogen) atoms. The highest BCUT2D eigenvalue weighted by Gasteiger charge is 2.29. The highest BCUT2D eigenvalue weighted by Crippen LogP contribution is 2.30. The van der Waals surface area contributed by atoms with Crippen LogP contribution in [-0.2, 0) is 16.1 Å². The maximum absolute atomic E-state index is 13.2. The number of ether oxygens (including phenoxy) is 2. The number of halogens is 1. The number of nitro benzene ring substituents is 1. The van der Waals surface area contributed by atoms with Gasteiger partial charge in [0.05, 0.1) is 12.0 Å². The first-order valence-corrected chi connectivity index (χ1v) is 11.9. The van der Waals surface area contributed by atoms with Crippen LogP contribution in [0.4, 0.5) is 5.69 Å². The van der Waals surface area contributed by atoms with Crippen molar-refractivity contribution in [3.05, 3.63) is 62.6 Å². The van der Waals surface area contributed by atoms with Crippen LogP contribution in [0.1, 0.15) is 38.2 Å². The van der Waals surface area contributed by atoms with Gasteiger partial charge in [0.25, 0.3) is 5.91 Å². The van der Waals surface area contributed by atoms with Gasteiger partial charge in [-0.25, -0.2) is 0 Å². The van der Waals surface area contributed by atoms with E-state index in [2.05, 4.69) is 21.2 Å². The summed E-state index contributed by atoms with van der Waals surface area (Å²) in [5.41, 5.74) is 0.662. The molecule has 2 aromatic carbocycles. The second-order valence-corrected chi connectivity index (χ2v) is 9.11. The Morgan fingerprint density at radius 1 is 1.24 bits per heavy atom. The fourth-order valence-electron chi connectivity index (χ4n) is 3.93. The van der Waals surface area contributed by atoms with E-state index in [0.29, 0.717) is 0 Å². The Hall–Kier alpha value is -3.14. The molecule has 0 radical (unpaired) electrons. The number of carbonyl (C=O) groups is 2. The SMILES string of the molecule is COc1cc(OCC(=O)N(Cc2cccc(Br)c2)[C@H](C)C(=O)NC2CCCC2)ccc1[N+](=O)[O-]. The molecule has 3 rings (SSSR count). The second-order valence-electron chi connectivity index (χ2n) is 8.20. The number of amides is 2. The molecular formula is C24H28BrN3O6. The first kappa shape index (κ1) is 25.5. The van der Waals surface area contributed by atoms with E-state index in [1.165, 1.54) is 30.2 Å². The molecule has 1 fully saturated rings. The molecule has 0 saturated heterocycles. The van der Waals surface area contributed by atoms with E-state index in [1.807, 2.05) is 24.3 Å². The number of rotatable bonds is 10. The number of methoxy groups -OCH3 is 1. The smallest absolute Gasteiger partial charge is 0.311 e. The highest BCUT2D eigenvalue weighted by molar-refractivity contribution is 9.10. The van der Waals surface area contributed by atoms with Crippen molar-refractivity contribution < 1.29 is 24.0 Å². The Labute approximate surface area is 206 Å². The molecule has 1 atom stereocenters. The summed E-state index contributed by atoms with van der Waals surface area (Å²) in [7, 11) is 1.32. The molecule has 9 nitrogen and oxygen atoms in total. The Bertz CT molecular complexity index is 1040. The average molecular weight is 534 g/mol. The van der Waals surface area contributed by atoms with E-state index in [9.17, 15) is 19.7 Å². The van der Waals surface area contributed by atoms with Gasteiger partial charge >= 0.3 is 5.69 Å². The predicted octanol–water partition coefficient (Wildman–Crippen LogP) is 4.22. The minimum absolute atomic E-state index is 0.0326. The van der Waals surface area contributed by atoms with E-state index < -0.39 is 11.0 Å². The number of hydrogen-bond donors (Lipinski definition) is 1. The fourth-order valence-corrected chi connectivity index (χ4v) is 4.38. The highest BCUT2D eigenvalue weighted by atomic mass is 79.9. The lowest BCUT2D eigenvalue weighted by molar-refractivity contribution is -0.385. The number of nitro groups is 1. The molecular weight excluding hydrogens is 506 g/mol. The minimum atomic E-state index is -0.706. The summed E-state index contributed by atoms with van der Waals surface area (Å²) in [6.45, 7) is 1.59. The van der Waals surface area contributed by atoms with Gasteiger partial charge < -0.3 is 19.7 Å². The zero-order valence-electron chi connectivity index (χ0n) is 19.2. The molecule has 0 spiro atoms. The Balaban J connectivity index is 1.74. The van der Waals surface area contributed by atoms with E-state index >= 15 is 0 Å². The van der Waals surface area contributed by atoms with Crippen molar-refractivity contribution in [1.29, 1.82) is 0 Å². The van der Waals surface area contributed by atoms with Gasteiger partial charge in [-0.15, -0.1) is 0 Å². The van der Waals surface area contributed by atoms with Crippen molar-refractivity contribution >= 4 is 33.4 Å². The zero-order valence-corrected chi connectivity index (χ0v) is 20.7. The number of benzene rings is 2. The lowest BCUT2D eigenvalue weighted by atomic mass is 10.1. The number of carbonyl (C=O) groups excluding carboxylic acids is 2. The minimum Gasteiger partial charge on any atom is -0.490 e. The van der Waals surface area contributed by atoms with Crippen molar-refractivity contribution in [1.82, 2.24) is 10.2 Å². The van der Waals surface area contributed by atoms with Crippen molar-refractivity contribution in [3.63, 3.8) is 0 Å². The van der Waals surface area contributed by atoms with Gasteiger partial charge in [0.2, 0.25) is 11.7 Å². The zero-order chi connectivity index (χ0) is 24.7. The molecule has 1 aliphatic carbocycles. The summed E-state index contributed by atoms with van der Waals surface area (Å²) in [5, 5.41) is 14.1. The molecule has 0 aromatic heterocycles. The summed E-state index contributed by atoms with van der Waals surface area (Å²) in [4.78, 5) is 38.1. The summed E-state index contributed by atoms with van der Waals surface area (Å²) in [6, 6.07) is 11.0. The largest absolute Gasteiger partial charge is 0.490 e. The van der Waals surface area contributed by atoms with Crippen LogP contribution in [0.3, 0.4) is 0 Å². The Morgan fingerprint density at radius 3 is 2.62 bits per heavy atom. The third-order valence-electron chi connectivity index (χ3n) is 5.82. The fraction of sp³-hybridized carbons (Fsp3) is 0.417. The molecule has 2 aromatic rings. The van der Waals surface area contributed by atoms with Crippen LogP contribution in [-0.4, -0.2) is 47.4 Å². The molecule has 10 heteroatoms. The maximum atomic E-state index is 13.2. The van der Waals surface area contributed by atoms with Gasteiger partial charge in [-0.3, -0.25) is 19.7 Å². The lowest BCUT2D eigenvalue weighted by Gasteiger charge is -2.29. The summed E-state index contributed by atoms with van der Waals surface area (Å²) >= 11 is 3.44. The molecule has 1 N–H and O–H groups in total. The van der Waals surface area contributed by atoms with Crippen molar-refractivity contribution in [2.45, 2.75) is 51.2 Å². The topological polar surface area (TPSA) is 111 Å². The monoisotopic (exact) mass is 533 g/mol. The van der Waals surface area contributed by atoms with E-state index in [-0.39, 0.29) is 48.2 Å². The summed E-state index contributed by atoms with van der Waals surface area (Å²) in [5.74, 6) is -0.301. The second kappa shape index (κ2) is 11.8. The van der Waals surface area contributed by atoms with Gasteiger partial charge in [-0.05, 0) is 43.5 Å². The average Bonchev–Trinajstić information content (AvgIpc) is 3.33. The first-order valence-electron chi connectivity index (χ1n) is 11.1. The first-order chi connectivity index (χ1) is 16.3. The molecule has 0 heterocycles. The molecule has 0 unspecified atom stereocenters. The molecule has 0 bridgehead atoms. The predicted molar refractivity (Wildman–Crippen MR) is 130 cm³/mol. The Morgan fingerprint density at radius 2 is 1.97 bits per heavy atom. The third kappa shape index (κ3) is 6.69. The van der Waals surface area contributed by atoms with Crippen molar-refractivity contribution in [2.24, 2.45) is 0 Å². The van der Waals surface area contributed by atoms with Gasteiger partial charge in [-0.1, -0.05) is 40.9 Å². The van der Waals surface area contributed by atoms with Crippen molar-refractivity contribution in [2.75, 3.05) is 13.7 Å². The summed E-state index contributed by atoms with van der Waals surface area (Å²) in [6.07, 6.45) is 4.07. The van der Waals surface area contributed by atoms with Crippen LogP contribution in [0.15, 0.2) is 46.9 Å². The van der Waals surface area contributed by atoms with Crippen LogP contribution in [0.5, 0.6) is 11.5 Å². The molecule has 1 saturated carbocycles. The van der Waals surface area contributed by atoms with Crippen LogP contribution in [0.2, 0.25) is 0 Å². The maximum Gasteiger partial charge on any atom is 0.311 e. The van der Waals surface area contributed by atoms with Gasteiger partial charge in [0, 0.05) is 29.2 Å². The number of nitrogens with zero attached hydrogens (tertiary/aromatic N) is 2. The van der Waals surface area contributed by atoms with Crippen LogP contribution >= 0.6 is 15.9 Å². The quantitative estimate of drug-likeness (QED) is 0.361.